The molecular formula is C11H14N2O2. The van der Waals surface area contributed by atoms with E-state index >= 15 is 0 Å². The Balaban J connectivity index is 2.45. The highest BCUT2D eigenvalue weighted by molar-refractivity contribution is 5.96. The van der Waals surface area contributed by atoms with Crippen LogP contribution in [0.15, 0.2) is 6.20 Å². The molecule has 0 aliphatic heterocycles. The van der Waals surface area contributed by atoms with Gasteiger partial charge < -0.3 is 10.5 Å². The Morgan fingerprint density at radius 3 is 3.13 bits per heavy atom. The highest BCUT2D eigenvalue weighted by Crippen LogP contribution is 2.28. The average molecular weight is 206 g/mol. The van der Waals surface area contributed by atoms with Crippen LogP contribution in [0.25, 0.3) is 0 Å². The average Bonchev–Trinajstić information content (AvgIpc) is 2.65. The predicted octanol–water partition coefficient (Wildman–Crippen LogP) is 1.33. The first kappa shape index (κ1) is 9.96. The molecule has 0 radical (unpaired) electrons. The van der Waals surface area contributed by atoms with Gasteiger partial charge in [0.1, 0.15) is 11.4 Å². The molecule has 1 aromatic heterocycles. The first-order chi connectivity index (χ1) is 7.24. The number of aromatic nitrogens is 1. The van der Waals surface area contributed by atoms with E-state index in [9.17, 15) is 4.79 Å². The minimum Gasteiger partial charge on any atom is -0.462 e. The topological polar surface area (TPSA) is 65.2 Å². The zero-order valence-electron chi connectivity index (χ0n) is 8.75. The van der Waals surface area contributed by atoms with E-state index in [-0.39, 0.29) is 11.8 Å². The lowest BCUT2D eigenvalue weighted by Crippen LogP contribution is -2.12. The molecule has 0 bridgehead atoms. The Morgan fingerprint density at radius 2 is 2.40 bits per heavy atom. The summed E-state index contributed by atoms with van der Waals surface area (Å²) in [7, 11) is 0. The van der Waals surface area contributed by atoms with E-state index in [0.717, 1.165) is 30.4 Å². The molecule has 0 aromatic carbocycles. The van der Waals surface area contributed by atoms with Crippen molar-refractivity contribution in [3.8, 4) is 0 Å². The van der Waals surface area contributed by atoms with Crippen LogP contribution in [0.5, 0.6) is 0 Å². The van der Waals surface area contributed by atoms with Crippen molar-refractivity contribution in [3.05, 3.63) is 22.9 Å². The second-order valence-electron chi connectivity index (χ2n) is 3.60. The third kappa shape index (κ3) is 1.67. The summed E-state index contributed by atoms with van der Waals surface area (Å²) < 4.78 is 4.98. The zero-order valence-corrected chi connectivity index (χ0v) is 8.75. The molecule has 0 saturated carbocycles. The van der Waals surface area contributed by atoms with Crippen molar-refractivity contribution in [2.75, 3.05) is 12.3 Å². The van der Waals surface area contributed by atoms with Crippen molar-refractivity contribution >= 4 is 11.8 Å². The van der Waals surface area contributed by atoms with Gasteiger partial charge in [0.25, 0.3) is 0 Å². The summed E-state index contributed by atoms with van der Waals surface area (Å²) in [5, 5.41) is 0. The van der Waals surface area contributed by atoms with E-state index in [1.807, 2.05) is 0 Å². The number of carbonyl (C=O) groups excluding carboxylic acids is 1. The van der Waals surface area contributed by atoms with Crippen molar-refractivity contribution < 1.29 is 9.53 Å². The summed E-state index contributed by atoms with van der Waals surface area (Å²) >= 11 is 0. The van der Waals surface area contributed by atoms with Crippen LogP contribution in [0, 0.1) is 0 Å². The fraction of sp³-hybridized carbons (Fsp3) is 0.455. The van der Waals surface area contributed by atoms with Crippen LogP contribution in [0.1, 0.15) is 34.8 Å². The van der Waals surface area contributed by atoms with Crippen LogP contribution in [0.2, 0.25) is 0 Å². The molecule has 80 valence electrons. The summed E-state index contributed by atoms with van der Waals surface area (Å²) in [5.74, 6) is -0.0599. The Bertz CT molecular complexity index is 402. The summed E-state index contributed by atoms with van der Waals surface area (Å²) in [5.41, 5.74) is 8.35. The molecule has 1 aliphatic carbocycles. The predicted molar refractivity (Wildman–Crippen MR) is 56.6 cm³/mol. The lowest BCUT2D eigenvalue weighted by atomic mass is 10.1. The quantitative estimate of drug-likeness (QED) is 0.741. The molecule has 4 nitrogen and oxygen atoms in total. The van der Waals surface area contributed by atoms with Crippen LogP contribution < -0.4 is 5.73 Å². The molecule has 0 fully saturated rings. The van der Waals surface area contributed by atoms with Gasteiger partial charge in [-0.2, -0.15) is 0 Å². The lowest BCUT2D eigenvalue weighted by Gasteiger charge is -2.09. The standard InChI is InChI=1S/C11H14N2O2/c1-2-15-11(14)9-8-5-3-4-7(8)6-13-10(9)12/h6H,2-5H2,1H3,(H2,12,13). The normalized spacial score (nSPS) is 13.7. The maximum absolute atomic E-state index is 11.7. The van der Waals surface area contributed by atoms with Crippen molar-refractivity contribution in [1.29, 1.82) is 0 Å². The fourth-order valence-corrected chi connectivity index (χ4v) is 1.99. The van der Waals surface area contributed by atoms with Gasteiger partial charge in [-0.05, 0) is 37.3 Å². The number of hydrogen-bond acceptors (Lipinski definition) is 4. The third-order valence-corrected chi connectivity index (χ3v) is 2.66. The van der Waals surface area contributed by atoms with Crippen molar-refractivity contribution in [2.24, 2.45) is 0 Å². The van der Waals surface area contributed by atoms with E-state index < -0.39 is 0 Å². The Morgan fingerprint density at radius 1 is 1.60 bits per heavy atom. The first-order valence-electron chi connectivity index (χ1n) is 5.17. The molecule has 0 unspecified atom stereocenters. The lowest BCUT2D eigenvalue weighted by molar-refractivity contribution is 0.0526. The molecule has 1 aromatic rings. The van der Waals surface area contributed by atoms with Gasteiger partial charge in [-0.15, -0.1) is 0 Å². The smallest absolute Gasteiger partial charge is 0.342 e. The second-order valence-corrected chi connectivity index (χ2v) is 3.60. The molecule has 15 heavy (non-hydrogen) atoms. The SMILES string of the molecule is CCOC(=O)c1c(N)ncc2c1CCC2. The van der Waals surface area contributed by atoms with Gasteiger partial charge in [0.2, 0.25) is 0 Å². The molecule has 0 amide bonds. The van der Waals surface area contributed by atoms with Gasteiger partial charge >= 0.3 is 5.97 Å². The van der Waals surface area contributed by atoms with Crippen LogP contribution >= 0.6 is 0 Å². The minimum absolute atomic E-state index is 0.286. The number of esters is 1. The number of pyridine rings is 1. The third-order valence-electron chi connectivity index (χ3n) is 2.66. The van der Waals surface area contributed by atoms with Crippen molar-refractivity contribution in [1.82, 2.24) is 4.98 Å². The van der Waals surface area contributed by atoms with Gasteiger partial charge in [-0.1, -0.05) is 0 Å². The number of aryl methyl sites for hydroxylation is 1. The number of hydrogen-bond donors (Lipinski definition) is 1. The van der Waals surface area contributed by atoms with Crippen LogP contribution in [-0.4, -0.2) is 17.6 Å². The molecule has 2 N–H and O–H groups in total. The van der Waals surface area contributed by atoms with E-state index in [1.165, 1.54) is 0 Å². The summed E-state index contributed by atoms with van der Waals surface area (Å²) in [6.07, 6.45) is 4.71. The van der Waals surface area contributed by atoms with E-state index in [1.54, 1.807) is 13.1 Å². The largest absolute Gasteiger partial charge is 0.462 e. The Kier molecular flexibility index (Phi) is 2.58. The summed E-state index contributed by atoms with van der Waals surface area (Å²) in [6, 6.07) is 0. The van der Waals surface area contributed by atoms with Gasteiger partial charge in [-0.3, -0.25) is 0 Å². The first-order valence-corrected chi connectivity index (χ1v) is 5.17. The van der Waals surface area contributed by atoms with Crippen LogP contribution in [0.3, 0.4) is 0 Å². The molecule has 1 heterocycles. The number of fused-ring (bicyclic) bond motifs is 1. The zero-order chi connectivity index (χ0) is 10.8. The van der Waals surface area contributed by atoms with Crippen LogP contribution in [0.4, 0.5) is 5.82 Å². The maximum Gasteiger partial charge on any atom is 0.342 e. The number of carbonyl (C=O) groups is 1. The molecular weight excluding hydrogens is 192 g/mol. The maximum atomic E-state index is 11.7. The minimum atomic E-state index is -0.346. The number of nitrogen functional groups attached to an aromatic ring is 1. The van der Waals surface area contributed by atoms with Gasteiger partial charge in [-0.25, -0.2) is 9.78 Å². The fourth-order valence-electron chi connectivity index (χ4n) is 1.99. The molecule has 0 atom stereocenters. The second kappa shape index (κ2) is 3.88. The Hall–Kier alpha value is -1.58. The Labute approximate surface area is 88.4 Å². The van der Waals surface area contributed by atoms with Gasteiger partial charge in [0, 0.05) is 6.20 Å². The molecule has 1 aliphatic rings. The number of rotatable bonds is 2. The monoisotopic (exact) mass is 206 g/mol. The van der Waals surface area contributed by atoms with Crippen molar-refractivity contribution in [2.45, 2.75) is 26.2 Å². The van der Waals surface area contributed by atoms with Crippen LogP contribution in [-0.2, 0) is 17.6 Å². The molecule has 4 heteroatoms. The van der Waals surface area contributed by atoms with Gasteiger partial charge in [0.15, 0.2) is 0 Å². The number of nitrogens with two attached hydrogens (primary N) is 1. The van der Waals surface area contributed by atoms with E-state index in [0.29, 0.717) is 12.2 Å². The van der Waals surface area contributed by atoms with Crippen molar-refractivity contribution in [3.63, 3.8) is 0 Å². The number of anilines is 1. The molecule has 0 saturated heterocycles. The van der Waals surface area contributed by atoms with Gasteiger partial charge in [0.05, 0.1) is 6.61 Å². The molecule has 0 spiro atoms. The summed E-state index contributed by atoms with van der Waals surface area (Å²) in [4.78, 5) is 15.7. The highest BCUT2D eigenvalue weighted by Gasteiger charge is 2.23. The molecule has 2 rings (SSSR count). The number of nitrogens with zero attached hydrogens (tertiary/aromatic N) is 1. The van der Waals surface area contributed by atoms with E-state index in [2.05, 4.69) is 4.98 Å². The highest BCUT2D eigenvalue weighted by atomic mass is 16.5. The van der Waals surface area contributed by atoms with E-state index in [4.69, 9.17) is 10.5 Å². The summed E-state index contributed by atoms with van der Waals surface area (Å²) in [6.45, 7) is 2.15. The number of ether oxygens (including phenoxy) is 1.